The summed E-state index contributed by atoms with van der Waals surface area (Å²) in [5.74, 6) is -0.215. The number of hydrogen-bond acceptors (Lipinski definition) is 3. The van der Waals surface area contributed by atoms with E-state index >= 15 is 0 Å². The highest BCUT2D eigenvalue weighted by Gasteiger charge is 2.31. The highest BCUT2D eigenvalue weighted by atomic mass is 35.5. The molecule has 0 bridgehead atoms. The summed E-state index contributed by atoms with van der Waals surface area (Å²) >= 11 is 12.0. The van der Waals surface area contributed by atoms with Crippen molar-refractivity contribution in [1.29, 1.82) is 0 Å². The summed E-state index contributed by atoms with van der Waals surface area (Å²) < 4.78 is 44.5. The molecule has 0 spiro atoms. The minimum atomic E-state index is -4.52. The Hall–Kier alpha value is -3.23. The Kier molecular flexibility index (Phi) is 7.43. The Balaban J connectivity index is 1.80. The summed E-state index contributed by atoms with van der Waals surface area (Å²) in [5, 5.41) is 4.85. The molecule has 3 aromatic rings. The highest BCUT2D eigenvalue weighted by Crippen LogP contribution is 2.39. The van der Waals surface area contributed by atoms with E-state index in [0.717, 1.165) is 18.2 Å². The minimum Gasteiger partial charge on any atom is -0.455 e. The van der Waals surface area contributed by atoms with E-state index in [9.17, 15) is 22.8 Å². The van der Waals surface area contributed by atoms with Gasteiger partial charge in [0.15, 0.2) is 0 Å². The molecule has 5 nitrogen and oxygen atoms in total. The molecular weight excluding hydrogens is 492 g/mol. The zero-order valence-corrected chi connectivity index (χ0v) is 19.7. The summed E-state index contributed by atoms with van der Waals surface area (Å²) in [6.07, 6.45) is -4.52. The van der Waals surface area contributed by atoms with E-state index in [0.29, 0.717) is 28.1 Å². The Morgan fingerprint density at radius 2 is 1.59 bits per heavy atom. The van der Waals surface area contributed by atoms with Crippen LogP contribution in [0.25, 0.3) is 0 Å². The van der Waals surface area contributed by atoms with E-state index < -0.39 is 23.7 Å². The molecule has 178 valence electrons. The molecule has 0 radical (unpaired) electrons. The molecule has 0 fully saturated rings. The average molecular weight is 511 g/mol. The van der Waals surface area contributed by atoms with Gasteiger partial charge in [0.1, 0.15) is 11.5 Å². The number of amides is 3. The highest BCUT2D eigenvalue weighted by molar-refractivity contribution is 6.34. The number of aryl methyl sites for hydroxylation is 1. The van der Waals surface area contributed by atoms with E-state index in [1.54, 1.807) is 39.0 Å². The third-order valence-corrected chi connectivity index (χ3v) is 5.72. The van der Waals surface area contributed by atoms with Gasteiger partial charge in [0, 0.05) is 5.69 Å². The predicted molar refractivity (Wildman–Crippen MR) is 125 cm³/mol. The van der Waals surface area contributed by atoms with Crippen molar-refractivity contribution in [2.45, 2.75) is 26.9 Å². The maximum atomic E-state index is 12.9. The number of anilines is 1. The van der Waals surface area contributed by atoms with Crippen LogP contribution in [0.1, 0.15) is 32.6 Å². The van der Waals surface area contributed by atoms with Crippen molar-refractivity contribution in [3.63, 3.8) is 0 Å². The summed E-state index contributed by atoms with van der Waals surface area (Å²) in [6, 6.07) is 10.0. The van der Waals surface area contributed by atoms with Gasteiger partial charge in [-0.25, -0.2) is 4.79 Å². The van der Waals surface area contributed by atoms with E-state index in [4.69, 9.17) is 27.9 Å². The van der Waals surface area contributed by atoms with Crippen molar-refractivity contribution < 1.29 is 27.5 Å². The van der Waals surface area contributed by atoms with E-state index in [1.807, 2.05) is 0 Å². The molecular formula is C24H19Cl2F3N2O3. The Morgan fingerprint density at radius 3 is 2.21 bits per heavy atom. The van der Waals surface area contributed by atoms with Crippen molar-refractivity contribution in [1.82, 2.24) is 5.32 Å². The molecule has 34 heavy (non-hydrogen) atoms. The smallest absolute Gasteiger partial charge is 0.416 e. The van der Waals surface area contributed by atoms with E-state index in [1.165, 1.54) is 12.1 Å². The lowest BCUT2D eigenvalue weighted by molar-refractivity contribution is -0.137. The monoisotopic (exact) mass is 510 g/mol. The van der Waals surface area contributed by atoms with Crippen molar-refractivity contribution in [3.05, 3.63) is 86.4 Å². The predicted octanol–water partition coefficient (Wildman–Crippen LogP) is 7.69. The summed E-state index contributed by atoms with van der Waals surface area (Å²) in [7, 11) is 0. The van der Waals surface area contributed by atoms with Crippen molar-refractivity contribution in [2.75, 3.05) is 5.32 Å². The first-order valence-electron chi connectivity index (χ1n) is 9.90. The maximum absolute atomic E-state index is 12.9. The summed E-state index contributed by atoms with van der Waals surface area (Å²) in [4.78, 5) is 24.7. The lowest BCUT2D eigenvalue weighted by atomic mass is 10.0. The van der Waals surface area contributed by atoms with Crippen LogP contribution in [0.3, 0.4) is 0 Å². The first-order chi connectivity index (χ1) is 15.9. The number of carbonyl (C=O) groups excluding carboxylic acids is 2. The second-order valence-corrected chi connectivity index (χ2v) is 8.27. The number of halogens is 5. The fourth-order valence-electron chi connectivity index (χ4n) is 3.18. The van der Waals surface area contributed by atoms with Crippen molar-refractivity contribution >= 4 is 40.8 Å². The Morgan fingerprint density at radius 1 is 0.912 bits per heavy atom. The molecule has 0 unspecified atom stereocenters. The largest absolute Gasteiger partial charge is 0.455 e. The second kappa shape index (κ2) is 9.95. The number of hydrogen-bond donors (Lipinski definition) is 2. The van der Waals surface area contributed by atoms with Gasteiger partial charge in [-0.15, -0.1) is 0 Å². The molecule has 2 N–H and O–H groups in total. The van der Waals surface area contributed by atoms with Crippen LogP contribution < -0.4 is 15.4 Å². The number of rotatable bonds is 4. The molecule has 0 aliphatic carbocycles. The van der Waals surface area contributed by atoms with Crippen LogP contribution >= 0.6 is 23.2 Å². The molecule has 0 aliphatic rings. The molecule has 0 saturated carbocycles. The van der Waals surface area contributed by atoms with Crippen molar-refractivity contribution in [3.8, 4) is 11.5 Å². The third-order valence-electron chi connectivity index (χ3n) is 5.09. The SMILES string of the molecule is Cc1cc(NC(=O)NC(=O)c2ccccc2Cl)c(C)c(C)c1Oc1ccc(C(F)(F)F)cc1Cl. The number of nitrogens with one attached hydrogen (secondary N) is 2. The minimum absolute atomic E-state index is 0.0593. The van der Waals surface area contributed by atoms with Crippen LogP contribution in [-0.2, 0) is 6.18 Å². The molecule has 0 saturated heterocycles. The molecule has 3 aromatic carbocycles. The van der Waals surface area contributed by atoms with Crippen LogP contribution in [0.2, 0.25) is 10.0 Å². The fourth-order valence-corrected chi connectivity index (χ4v) is 3.63. The van der Waals surface area contributed by atoms with Crippen LogP contribution in [0.15, 0.2) is 48.5 Å². The van der Waals surface area contributed by atoms with Gasteiger partial charge in [0.05, 0.1) is 21.2 Å². The molecule has 0 atom stereocenters. The molecule has 3 rings (SSSR count). The van der Waals surface area contributed by atoms with Gasteiger partial charge in [-0.05, 0) is 73.9 Å². The summed E-state index contributed by atoms with van der Waals surface area (Å²) in [6.45, 7) is 5.16. The first kappa shape index (κ1) is 25.4. The number of urea groups is 1. The van der Waals surface area contributed by atoms with Crippen LogP contribution in [0.4, 0.5) is 23.7 Å². The Bertz CT molecular complexity index is 1280. The summed E-state index contributed by atoms with van der Waals surface area (Å²) in [5.41, 5.74) is 1.54. The van der Waals surface area contributed by atoms with Gasteiger partial charge in [0.2, 0.25) is 0 Å². The zero-order chi connectivity index (χ0) is 25.2. The normalized spacial score (nSPS) is 11.2. The lowest BCUT2D eigenvalue weighted by Crippen LogP contribution is -2.34. The average Bonchev–Trinajstić information content (AvgIpc) is 2.75. The third kappa shape index (κ3) is 5.63. The van der Waals surface area contributed by atoms with Gasteiger partial charge in [-0.3, -0.25) is 10.1 Å². The van der Waals surface area contributed by atoms with E-state index in [-0.39, 0.29) is 21.4 Å². The van der Waals surface area contributed by atoms with Crippen LogP contribution in [0.5, 0.6) is 11.5 Å². The molecule has 0 aromatic heterocycles. The fraction of sp³-hybridized carbons (Fsp3) is 0.167. The zero-order valence-electron chi connectivity index (χ0n) is 18.2. The number of ether oxygens (including phenoxy) is 1. The van der Waals surface area contributed by atoms with E-state index in [2.05, 4.69) is 10.6 Å². The Labute approximate surface area is 203 Å². The first-order valence-corrected chi connectivity index (χ1v) is 10.7. The molecule has 0 heterocycles. The topological polar surface area (TPSA) is 67.4 Å². The van der Waals surface area contributed by atoms with Gasteiger partial charge in [-0.1, -0.05) is 35.3 Å². The number of benzene rings is 3. The number of carbonyl (C=O) groups is 2. The van der Waals surface area contributed by atoms with Crippen molar-refractivity contribution in [2.24, 2.45) is 0 Å². The van der Waals surface area contributed by atoms with Gasteiger partial charge < -0.3 is 10.1 Å². The molecule has 10 heteroatoms. The number of alkyl halides is 3. The quantitative estimate of drug-likeness (QED) is 0.377. The van der Waals surface area contributed by atoms with Gasteiger partial charge >= 0.3 is 12.2 Å². The standard InChI is InChI=1S/C24H19Cl2F3N2O3/c1-12-10-19(30-23(33)31-22(32)16-6-4-5-7-17(16)25)13(2)14(3)21(12)34-20-9-8-15(11-18(20)26)24(27,28)29/h4-11H,1-3H3,(H2,30,31,32,33). The second-order valence-electron chi connectivity index (χ2n) is 7.45. The van der Waals surface area contributed by atoms with Gasteiger partial charge in [-0.2, -0.15) is 13.2 Å². The number of imide groups is 1. The lowest BCUT2D eigenvalue weighted by Gasteiger charge is -2.19. The maximum Gasteiger partial charge on any atom is 0.416 e. The van der Waals surface area contributed by atoms with Gasteiger partial charge in [0.25, 0.3) is 5.91 Å². The van der Waals surface area contributed by atoms with Crippen LogP contribution in [-0.4, -0.2) is 11.9 Å². The molecule has 0 aliphatic heterocycles. The van der Waals surface area contributed by atoms with Crippen LogP contribution in [0, 0.1) is 20.8 Å². The molecule has 3 amide bonds.